The van der Waals surface area contributed by atoms with E-state index in [0.29, 0.717) is 50.9 Å². The number of nitrogens with one attached hydrogen (secondary N) is 8. The number of nitrogens with two attached hydrogens (primary N) is 4. The molecule has 0 aliphatic carbocycles. The second-order valence-electron chi connectivity index (χ2n) is 15.4. The van der Waals surface area contributed by atoms with E-state index in [2.05, 4.69) is 52.2 Å². The Hall–Kier alpha value is -6.94. The van der Waals surface area contributed by atoms with Crippen LogP contribution in [0.15, 0.2) is 17.5 Å². The van der Waals surface area contributed by atoms with Crippen LogP contribution in [-0.2, 0) is 54.4 Å². The van der Waals surface area contributed by atoms with Crippen LogP contribution in [-0.4, -0.2) is 176 Å². The monoisotopic (exact) mass is 937 g/mol. The van der Waals surface area contributed by atoms with E-state index in [-0.39, 0.29) is 31.8 Å². The first kappa shape index (κ1) is 55.2. The number of aliphatic hydroxyl groups is 1. The van der Waals surface area contributed by atoms with Gasteiger partial charge in [-0.15, -0.1) is 0 Å². The molecule has 0 radical (unpaired) electrons. The summed E-state index contributed by atoms with van der Waals surface area (Å²) >= 11 is 0. The highest BCUT2D eigenvalue weighted by Gasteiger charge is 2.37. The first-order valence-corrected chi connectivity index (χ1v) is 21.1. The number of imidazole rings is 1. The average Bonchev–Trinajstić information content (AvgIpc) is 3.97. The Bertz CT molecular complexity index is 1880. The fraction of sp³-hybridized carbons (Fsp3) is 0.632. The average molecular weight is 938 g/mol. The lowest BCUT2D eigenvalue weighted by atomic mass is 10.1. The molecule has 1 aliphatic heterocycles. The van der Waals surface area contributed by atoms with E-state index in [1.54, 1.807) is 0 Å². The molecule has 0 bridgehead atoms. The molecule has 8 amide bonds. The number of hydrogen-bond donors (Lipinski definition) is 15. The van der Waals surface area contributed by atoms with Gasteiger partial charge in [0.25, 0.3) is 0 Å². The lowest BCUT2D eigenvalue weighted by Gasteiger charge is -2.28. The summed E-state index contributed by atoms with van der Waals surface area (Å²) in [6.07, 6.45) is 4.12. The molecule has 368 valence electrons. The summed E-state index contributed by atoms with van der Waals surface area (Å²) in [6, 6.07) is -10.7. The molecule has 66 heavy (non-hydrogen) atoms. The third-order valence-electron chi connectivity index (χ3n) is 10.1. The molecule has 28 nitrogen and oxygen atoms in total. The Morgan fingerprint density at radius 1 is 0.818 bits per heavy atom. The molecule has 1 fully saturated rings. The number of carbonyl (C=O) groups is 10. The summed E-state index contributed by atoms with van der Waals surface area (Å²) in [6.45, 7) is 1.47. The number of unbranched alkanes of at least 4 members (excludes halogenated alkanes) is 1. The lowest BCUT2D eigenvalue weighted by Crippen LogP contribution is -2.59. The van der Waals surface area contributed by atoms with Crippen LogP contribution in [0.3, 0.4) is 0 Å². The number of hydrogen-bond acceptors (Lipinski definition) is 15. The SMILES string of the molecule is C[C@H](NC(=O)[C@H](CO)NC(=O)[C@H](C)NC(=O)[C@@H]1CCCN1C(=O)[C@@H](N)CCCCN)C(=O)N[C@@H](CC(=O)O)C(=O)NCC(=O)N[C@@H](Cc1cnc[nH]1)C(=O)N[C@@H](CCCN=C(N)N)C(=O)O. The molecule has 1 aliphatic rings. The van der Waals surface area contributed by atoms with E-state index in [9.17, 15) is 63.3 Å². The van der Waals surface area contributed by atoms with E-state index in [1.807, 2.05) is 0 Å². The Balaban J connectivity index is 1.99. The largest absolute Gasteiger partial charge is 0.481 e. The molecule has 1 saturated heterocycles. The second kappa shape index (κ2) is 28.1. The Labute approximate surface area is 378 Å². The van der Waals surface area contributed by atoms with Crippen LogP contribution in [0.25, 0.3) is 0 Å². The number of rotatable bonds is 29. The summed E-state index contributed by atoms with van der Waals surface area (Å²) in [5.74, 6) is -10.3. The van der Waals surface area contributed by atoms with Crippen LogP contribution >= 0.6 is 0 Å². The van der Waals surface area contributed by atoms with Crippen molar-refractivity contribution in [3.8, 4) is 0 Å². The number of nitrogens with zero attached hydrogens (tertiary/aromatic N) is 3. The number of carboxylic acids is 2. The number of aromatic nitrogens is 2. The molecule has 28 heteroatoms. The molecule has 8 atom stereocenters. The maximum atomic E-state index is 13.2. The number of guanidine groups is 1. The number of aliphatic imine (C=N–C) groups is 1. The number of carbonyl (C=O) groups excluding carboxylic acids is 8. The third-order valence-corrected chi connectivity index (χ3v) is 10.1. The predicted molar refractivity (Wildman–Crippen MR) is 231 cm³/mol. The smallest absolute Gasteiger partial charge is 0.326 e. The van der Waals surface area contributed by atoms with Gasteiger partial charge in [-0.1, -0.05) is 6.42 Å². The van der Waals surface area contributed by atoms with Gasteiger partial charge in [0.05, 0.1) is 31.9 Å². The highest BCUT2D eigenvalue weighted by Crippen LogP contribution is 2.19. The fourth-order valence-corrected chi connectivity index (χ4v) is 6.47. The molecule has 1 aromatic rings. The first-order chi connectivity index (χ1) is 31.2. The Morgan fingerprint density at radius 2 is 1.45 bits per heavy atom. The van der Waals surface area contributed by atoms with E-state index < -0.39 is 127 Å². The van der Waals surface area contributed by atoms with Gasteiger partial charge >= 0.3 is 11.9 Å². The minimum atomic E-state index is -1.81. The highest BCUT2D eigenvalue weighted by atomic mass is 16.4. The molecular formula is C38H63N15O13. The van der Waals surface area contributed by atoms with E-state index in [1.165, 1.54) is 24.3 Å². The maximum absolute atomic E-state index is 13.2. The van der Waals surface area contributed by atoms with Gasteiger partial charge in [0.1, 0.15) is 42.3 Å². The number of carboxylic acid groups (broad SMARTS) is 2. The van der Waals surface area contributed by atoms with Crippen molar-refractivity contribution in [2.24, 2.45) is 27.9 Å². The molecule has 2 rings (SSSR count). The zero-order valence-corrected chi connectivity index (χ0v) is 36.7. The molecule has 2 heterocycles. The summed E-state index contributed by atoms with van der Waals surface area (Å²) in [7, 11) is 0. The minimum Gasteiger partial charge on any atom is -0.481 e. The van der Waals surface area contributed by atoms with Crippen LogP contribution in [0.1, 0.15) is 70.9 Å². The second-order valence-corrected chi connectivity index (χ2v) is 15.4. The quantitative estimate of drug-likeness (QED) is 0.0202. The number of H-pyrrole nitrogens is 1. The van der Waals surface area contributed by atoms with Crippen molar-refractivity contribution in [3.05, 3.63) is 18.2 Å². The maximum Gasteiger partial charge on any atom is 0.326 e. The number of aliphatic carboxylic acids is 2. The molecule has 1 aromatic heterocycles. The molecule has 0 spiro atoms. The lowest BCUT2D eigenvalue weighted by molar-refractivity contribution is -0.142. The van der Waals surface area contributed by atoms with Crippen molar-refractivity contribution in [1.29, 1.82) is 0 Å². The molecule has 0 aromatic carbocycles. The van der Waals surface area contributed by atoms with Gasteiger partial charge in [0.15, 0.2) is 5.96 Å². The van der Waals surface area contributed by atoms with Gasteiger partial charge in [-0.2, -0.15) is 0 Å². The van der Waals surface area contributed by atoms with Crippen LogP contribution in [0, 0.1) is 0 Å². The topological polar surface area (TPSA) is 464 Å². The Morgan fingerprint density at radius 3 is 2.05 bits per heavy atom. The standard InChI is InChI=1S/C38H63N15O13/c1-19(47-34(62)26(17-54)52-31(59)20(2)48-35(63)27-9-6-12-53(27)36(64)22(40)7-3-4-10-39)30(58)51-25(14-29(56)57)32(60)45-16-28(55)49-24(13-21-15-43-18-46-21)33(61)50-23(37(65)66)8-5-11-44-38(41)42/h15,18-20,22-27,54H,3-14,16-17,39-40H2,1-2H3,(H,43,46)(H,45,60)(H,47,62)(H,48,63)(H,49,55)(H,50,61)(H,51,58)(H,52,59)(H,56,57)(H,65,66)(H4,41,42,44)/t19-,20-,22-,23-,24-,25-,26-,27-/m0/s1. The molecule has 0 saturated carbocycles. The third kappa shape index (κ3) is 19.0. The van der Waals surface area contributed by atoms with Crippen LogP contribution in [0.5, 0.6) is 0 Å². The van der Waals surface area contributed by atoms with E-state index in [4.69, 9.17) is 22.9 Å². The molecular weight excluding hydrogens is 875 g/mol. The van der Waals surface area contributed by atoms with Crippen LogP contribution in [0.4, 0.5) is 0 Å². The van der Waals surface area contributed by atoms with Crippen LogP contribution < -0.4 is 60.2 Å². The van der Waals surface area contributed by atoms with E-state index in [0.717, 1.165) is 6.92 Å². The first-order valence-electron chi connectivity index (χ1n) is 21.1. The van der Waals surface area contributed by atoms with Gasteiger partial charge in [0.2, 0.25) is 47.3 Å². The van der Waals surface area contributed by atoms with Crippen molar-refractivity contribution in [2.75, 3.05) is 32.8 Å². The van der Waals surface area contributed by atoms with Crippen molar-refractivity contribution in [1.82, 2.24) is 52.1 Å². The van der Waals surface area contributed by atoms with Crippen molar-refractivity contribution >= 4 is 65.2 Å². The number of amides is 8. The zero-order chi connectivity index (χ0) is 49.5. The Kier molecular flexibility index (Phi) is 23.5. The molecule has 0 unspecified atom stereocenters. The number of aromatic amines is 1. The van der Waals surface area contributed by atoms with Gasteiger partial charge in [-0.3, -0.25) is 48.1 Å². The van der Waals surface area contributed by atoms with Gasteiger partial charge in [-0.05, 0) is 58.9 Å². The number of aliphatic hydroxyl groups excluding tert-OH is 1. The zero-order valence-electron chi connectivity index (χ0n) is 36.7. The van der Waals surface area contributed by atoms with Crippen molar-refractivity contribution in [3.63, 3.8) is 0 Å². The van der Waals surface area contributed by atoms with Crippen LogP contribution in [0.2, 0.25) is 0 Å². The van der Waals surface area contributed by atoms with Crippen molar-refractivity contribution < 1.29 is 63.3 Å². The minimum absolute atomic E-state index is 0.0739. The fourth-order valence-electron chi connectivity index (χ4n) is 6.47. The van der Waals surface area contributed by atoms with E-state index >= 15 is 0 Å². The summed E-state index contributed by atoms with van der Waals surface area (Å²) in [5.41, 5.74) is 22.5. The normalized spacial score (nSPS) is 16.4. The van der Waals surface area contributed by atoms with Gasteiger partial charge in [-0.25, -0.2) is 9.78 Å². The highest BCUT2D eigenvalue weighted by molar-refractivity contribution is 5.98. The molecule has 19 N–H and O–H groups in total. The summed E-state index contributed by atoms with van der Waals surface area (Å²) < 4.78 is 0. The summed E-state index contributed by atoms with van der Waals surface area (Å²) in [4.78, 5) is 140. The van der Waals surface area contributed by atoms with Gasteiger partial charge < -0.3 is 85.4 Å². The number of likely N-dealkylation sites (tertiary alicyclic amines) is 1. The van der Waals surface area contributed by atoms with Gasteiger partial charge in [0, 0.05) is 31.4 Å². The summed E-state index contributed by atoms with van der Waals surface area (Å²) in [5, 5.41) is 45.0. The van der Waals surface area contributed by atoms with Crippen molar-refractivity contribution in [2.45, 2.75) is 120 Å². The predicted octanol–water partition coefficient (Wildman–Crippen LogP) is -6.93.